The van der Waals surface area contributed by atoms with Gasteiger partial charge in [-0.25, -0.2) is 4.79 Å². The van der Waals surface area contributed by atoms with Crippen molar-refractivity contribution in [3.05, 3.63) is 11.8 Å². The molecule has 0 radical (unpaired) electrons. The van der Waals surface area contributed by atoms with Crippen LogP contribution in [0.25, 0.3) is 0 Å². The molecular weight excluding hydrogens is 588 g/mol. The third-order valence-corrected chi connectivity index (χ3v) is 8.77. The van der Waals surface area contributed by atoms with E-state index < -0.39 is 30.0 Å². The fourth-order valence-corrected chi connectivity index (χ4v) is 6.40. The van der Waals surface area contributed by atoms with Crippen molar-refractivity contribution in [1.82, 2.24) is 10.6 Å². The zero-order valence-electron chi connectivity index (χ0n) is 29.3. The summed E-state index contributed by atoms with van der Waals surface area (Å²) < 4.78 is 22.6. The number of hydrogen-bond donors (Lipinski definition) is 2. The first kappa shape index (κ1) is 38.0. The first-order valence-electron chi connectivity index (χ1n) is 17.6. The van der Waals surface area contributed by atoms with Crippen LogP contribution in [-0.4, -0.2) is 66.4 Å². The predicted octanol–water partition coefficient (Wildman–Crippen LogP) is 6.05. The molecule has 0 aliphatic heterocycles. The van der Waals surface area contributed by atoms with Gasteiger partial charge in [0.25, 0.3) is 0 Å². The Hall–Kier alpha value is -2.46. The van der Waals surface area contributed by atoms with Gasteiger partial charge in [-0.2, -0.15) is 0 Å². The molecule has 0 aromatic heterocycles. The van der Waals surface area contributed by atoms with Crippen molar-refractivity contribution in [3.63, 3.8) is 0 Å². The highest BCUT2D eigenvalue weighted by Crippen LogP contribution is 2.30. The summed E-state index contributed by atoms with van der Waals surface area (Å²) in [6, 6.07) is -1.53. The minimum atomic E-state index is -0.784. The Bertz CT molecular complexity index is 1030. The van der Waals surface area contributed by atoms with Crippen LogP contribution in [0.15, 0.2) is 11.8 Å². The quantitative estimate of drug-likeness (QED) is 0.170. The van der Waals surface area contributed by atoms with E-state index in [9.17, 15) is 19.2 Å². The molecule has 2 fully saturated rings. The van der Waals surface area contributed by atoms with E-state index in [1.54, 1.807) is 0 Å². The molecule has 10 heteroatoms. The summed E-state index contributed by atoms with van der Waals surface area (Å²) in [5.74, 6) is -0.527. The lowest BCUT2D eigenvalue weighted by atomic mass is 9.83. The molecule has 0 amide bonds. The molecule has 0 saturated heterocycles. The molecule has 3 rings (SSSR count). The summed E-state index contributed by atoms with van der Waals surface area (Å²) in [7, 11) is 0. The van der Waals surface area contributed by atoms with E-state index in [0.717, 1.165) is 77.0 Å². The summed E-state index contributed by atoms with van der Waals surface area (Å²) in [6.45, 7) is 12.3. The van der Waals surface area contributed by atoms with Gasteiger partial charge >= 0.3 is 23.9 Å². The van der Waals surface area contributed by atoms with Crippen molar-refractivity contribution in [2.24, 2.45) is 11.8 Å². The number of carbonyl (C=O) groups excluding carboxylic acids is 4. The van der Waals surface area contributed by atoms with Gasteiger partial charge in [-0.05, 0) is 130 Å². The highest BCUT2D eigenvalue weighted by molar-refractivity contribution is 5.84. The molecule has 3 aliphatic rings. The van der Waals surface area contributed by atoms with Crippen LogP contribution in [0, 0.1) is 11.8 Å². The molecule has 0 heterocycles. The lowest BCUT2D eigenvalue weighted by Crippen LogP contribution is -2.50. The average molecular weight is 649 g/mol. The van der Waals surface area contributed by atoms with Gasteiger partial charge < -0.3 is 18.9 Å². The Morgan fingerprint density at radius 3 is 1.65 bits per heavy atom. The van der Waals surface area contributed by atoms with E-state index >= 15 is 0 Å². The molecule has 0 spiro atoms. The maximum absolute atomic E-state index is 13.0. The van der Waals surface area contributed by atoms with Crippen molar-refractivity contribution in [3.8, 4) is 0 Å². The van der Waals surface area contributed by atoms with E-state index in [1.165, 1.54) is 6.42 Å². The number of nitrogens with one attached hydrogen (secondary N) is 2. The van der Waals surface area contributed by atoms with Crippen LogP contribution >= 0.6 is 0 Å². The number of hydrogen-bond acceptors (Lipinski definition) is 10. The Kier molecular flexibility index (Phi) is 15.0. The summed E-state index contributed by atoms with van der Waals surface area (Å²) in [4.78, 5) is 51.4. The normalized spacial score (nSPS) is 22.6. The molecule has 2 atom stereocenters. The number of ether oxygens (including phenoxy) is 4. The second-order valence-corrected chi connectivity index (χ2v) is 15.6. The standard InChI is InChI=1S/C36H60N2O8/c1-35(2,3)37-29(33(41)45-27-13-9-7-10-14-27)21-31(39)43-23-25-17-19-26(20-18-25)24-44-32(40)22-30(38-36(4,5)6)34(42)46-28-15-11-8-12-16-28/h13,25-26,28-30,37-38H,7-12,14-24H2,1-6H3. The minimum Gasteiger partial charge on any atom is -0.465 e. The second kappa shape index (κ2) is 18.2. The van der Waals surface area contributed by atoms with Crippen molar-refractivity contribution >= 4 is 23.9 Å². The van der Waals surface area contributed by atoms with Crippen LogP contribution in [0.5, 0.6) is 0 Å². The van der Waals surface area contributed by atoms with Crippen LogP contribution in [0.3, 0.4) is 0 Å². The largest absolute Gasteiger partial charge is 0.465 e. The highest BCUT2D eigenvalue weighted by Gasteiger charge is 2.32. The molecular formula is C36H60N2O8. The lowest BCUT2D eigenvalue weighted by Gasteiger charge is -2.30. The molecule has 0 aromatic rings. The van der Waals surface area contributed by atoms with E-state index in [-0.39, 0.29) is 47.8 Å². The van der Waals surface area contributed by atoms with Gasteiger partial charge in [0, 0.05) is 17.5 Å². The van der Waals surface area contributed by atoms with Gasteiger partial charge in [-0.15, -0.1) is 0 Å². The number of rotatable bonds is 14. The van der Waals surface area contributed by atoms with Gasteiger partial charge in [-0.3, -0.25) is 25.0 Å². The Morgan fingerprint density at radius 2 is 1.20 bits per heavy atom. The monoisotopic (exact) mass is 648 g/mol. The number of esters is 4. The predicted molar refractivity (Wildman–Crippen MR) is 176 cm³/mol. The van der Waals surface area contributed by atoms with Gasteiger partial charge in [0.05, 0.1) is 26.1 Å². The van der Waals surface area contributed by atoms with Crippen LogP contribution in [-0.2, 0) is 38.1 Å². The topological polar surface area (TPSA) is 129 Å². The van der Waals surface area contributed by atoms with Crippen molar-refractivity contribution < 1.29 is 38.1 Å². The molecule has 0 bridgehead atoms. The Balaban J connectivity index is 1.38. The van der Waals surface area contributed by atoms with Crippen LogP contribution in [0.2, 0.25) is 0 Å². The van der Waals surface area contributed by atoms with E-state index in [4.69, 9.17) is 18.9 Å². The van der Waals surface area contributed by atoms with Gasteiger partial charge in [-0.1, -0.05) is 6.42 Å². The molecule has 0 aromatic carbocycles. The van der Waals surface area contributed by atoms with Gasteiger partial charge in [0.2, 0.25) is 0 Å². The van der Waals surface area contributed by atoms with E-state index in [0.29, 0.717) is 19.0 Å². The molecule has 3 aliphatic carbocycles. The van der Waals surface area contributed by atoms with E-state index in [1.807, 2.05) is 47.6 Å². The average Bonchev–Trinajstić information content (AvgIpc) is 2.98. The van der Waals surface area contributed by atoms with Crippen LogP contribution in [0.4, 0.5) is 0 Å². The minimum absolute atomic E-state index is 0.0652. The number of carbonyl (C=O) groups is 4. The first-order chi connectivity index (χ1) is 21.7. The summed E-state index contributed by atoms with van der Waals surface area (Å²) in [5.41, 5.74) is -0.743. The Labute approximate surface area is 276 Å². The lowest BCUT2D eigenvalue weighted by molar-refractivity contribution is -0.158. The maximum Gasteiger partial charge on any atom is 0.328 e. The molecule has 2 N–H and O–H groups in total. The molecule has 2 unspecified atom stereocenters. The van der Waals surface area contributed by atoms with Crippen LogP contribution < -0.4 is 10.6 Å². The van der Waals surface area contributed by atoms with Crippen molar-refractivity contribution in [1.29, 1.82) is 0 Å². The fraction of sp³-hybridized carbons (Fsp3) is 0.833. The zero-order valence-corrected chi connectivity index (χ0v) is 29.3. The van der Waals surface area contributed by atoms with Crippen molar-refractivity contribution in [2.75, 3.05) is 13.2 Å². The highest BCUT2D eigenvalue weighted by atomic mass is 16.6. The van der Waals surface area contributed by atoms with E-state index in [2.05, 4.69) is 10.6 Å². The van der Waals surface area contributed by atoms with Crippen LogP contribution in [0.1, 0.15) is 138 Å². The third kappa shape index (κ3) is 15.0. The molecule has 262 valence electrons. The smallest absolute Gasteiger partial charge is 0.328 e. The summed E-state index contributed by atoms with van der Waals surface area (Å²) >= 11 is 0. The fourth-order valence-electron chi connectivity index (χ4n) is 6.40. The Morgan fingerprint density at radius 1 is 0.696 bits per heavy atom. The molecule has 2 saturated carbocycles. The first-order valence-corrected chi connectivity index (χ1v) is 17.6. The maximum atomic E-state index is 13.0. The third-order valence-electron chi connectivity index (χ3n) is 8.77. The summed E-state index contributed by atoms with van der Waals surface area (Å²) in [5, 5.41) is 6.46. The SMILES string of the molecule is CC(C)(C)NC(CC(=O)OCC1CCC(COC(=O)CC(NC(C)(C)C)C(=O)OC2CCCCC2)CC1)C(=O)OC1=CCCCC1. The van der Waals surface area contributed by atoms with Crippen molar-refractivity contribution in [2.45, 2.75) is 167 Å². The molecule has 10 nitrogen and oxygen atoms in total. The zero-order chi connectivity index (χ0) is 33.7. The van der Waals surface area contributed by atoms with Gasteiger partial charge in [0.1, 0.15) is 23.9 Å². The number of allylic oxidation sites excluding steroid dienone is 2. The summed E-state index contributed by atoms with van der Waals surface area (Å²) in [6.07, 6.45) is 14.0. The van der Waals surface area contributed by atoms with Gasteiger partial charge in [0.15, 0.2) is 0 Å². The second-order valence-electron chi connectivity index (χ2n) is 15.6. The molecule has 46 heavy (non-hydrogen) atoms.